The molecule has 0 aliphatic carbocycles. The van der Waals surface area contributed by atoms with Gasteiger partial charge in [0.1, 0.15) is 5.82 Å². The third kappa shape index (κ3) is 4.30. The number of rotatable bonds is 4. The van der Waals surface area contributed by atoms with E-state index in [1.165, 1.54) is 0 Å². The highest BCUT2D eigenvalue weighted by atomic mass is 79.9. The zero-order chi connectivity index (χ0) is 16.9. The van der Waals surface area contributed by atoms with Gasteiger partial charge in [0, 0.05) is 55.8 Å². The van der Waals surface area contributed by atoms with Gasteiger partial charge in [0.2, 0.25) is 0 Å². The lowest BCUT2D eigenvalue weighted by molar-refractivity contribution is 0.0950. The van der Waals surface area contributed by atoms with Gasteiger partial charge >= 0.3 is 0 Å². The van der Waals surface area contributed by atoms with Gasteiger partial charge in [0.05, 0.1) is 5.56 Å². The molecule has 7 heteroatoms. The van der Waals surface area contributed by atoms with E-state index in [-0.39, 0.29) is 5.91 Å². The van der Waals surface area contributed by atoms with E-state index in [2.05, 4.69) is 48.1 Å². The Morgan fingerprint density at radius 2 is 2.04 bits per heavy atom. The first-order chi connectivity index (χ1) is 11.6. The average Bonchev–Trinajstić information content (AvgIpc) is 2.60. The fourth-order valence-corrected chi connectivity index (χ4v) is 2.96. The molecule has 1 aliphatic rings. The van der Waals surface area contributed by atoms with E-state index in [4.69, 9.17) is 0 Å². The van der Waals surface area contributed by atoms with Gasteiger partial charge in [-0.1, -0.05) is 0 Å². The molecule has 24 heavy (non-hydrogen) atoms. The minimum Gasteiger partial charge on any atom is -0.354 e. The summed E-state index contributed by atoms with van der Waals surface area (Å²) in [4.78, 5) is 25.3. The average molecular weight is 390 g/mol. The van der Waals surface area contributed by atoms with Crippen LogP contribution in [0.1, 0.15) is 15.9 Å². The summed E-state index contributed by atoms with van der Waals surface area (Å²) in [7, 11) is 2.13. The van der Waals surface area contributed by atoms with Gasteiger partial charge in [0.25, 0.3) is 5.91 Å². The van der Waals surface area contributed by atoms with Crippen LogP contribution in [0.5, 0.6) is 0 Å². The topological polar surface area (TPSA) is 61.4 Å². The number of pyridine rings is 2. The van der Waals surface area contributed by atoms with E-state index in [1.54, 1.807) is 24.7 Å². The summed E-state index contributed by atoms with van der Waals surface area (Å²) < 4.78 is 0.788. The number of likely N-dealkylation sites (N-methyl/N-ethyl adjacent to an activating group) is 1. The molecule has 1 aliphatic heterocycles. The summed E-state index contributed by atoms with van der Waals surface area (Å²) >= 11 is 3.32. The number of nitrogens with zero attached hydrogens (tertiary/aromatic N) is 4. The molecular formula is C17H20BrN5O. The van der Waals surface area contributed by atoms with Crippen LogP contribution in [0, 0.1) is 0 Å². The normalized spacial score (nSPS) is 15.3. The van der Waals surface area contributed by atoms with Crippen LogP contribution in [0.3, 0.4) is 0 Å². The van der Waals surface area contributed by atoms with Crippen LogP contribution in [-0.4, -0.2) is 54.0 Å². The van der Waals surface area contributed by atoms with E-state index in [0.717, 1.165) is 42.0 Å². The van der Waals surface area contributed by atoms with Gasteiger partial charge in [-0.15, -0.1) is 0 Å². The standard InChI is InChI=1S/C17H20BrN5O/c1-22-4-6-23(7-5-22)16-8-13(2-3-20-16)10-21-17(24)14-9-15(18)12-19-11-14/h2-3,8-9,11-12H,4-7,10H2,1H3,(H,21,24). The van der Waals surface area contributed by atoms with E-state index >= 15 is 0 Å². The molecule has 3 heterocycles. The number of carbonyl (C=O) groups is 1. The highest BCUT2D eigenvalue weighted by molar-refractivity contribution is 9.10. The molecule has 0 saturated carbocycles. The van der Waals surface area contributed by atoms with Crippen LogP contribution in [0.15, 0.2) is 41.3 Å². The molecule has 1 amide bonds. The molecule has 126 valence electrons. The molecule has 0 bridgehead atoms. The first kappa shape index (κ1) is 16.9. The molecule has 2 aromatic rings. The van der Waals surface area contributed by atoms with Gasteiger partial charge < -0.3 is 15.1 Å². The maximum atomic E-state index is 12.2. The number of aromatic nitrogens is 2. The van der Waals surface area contributed by atoms with Crippen LogP contribution in [0.4, 0.5) is 5.82 Å². The van der Waals surface area contributed by atoms with Crippen molar-refractivity contribution in [3.05, 3.63) is 52.4 Å². The number of piperazine rings is 1. The number of halogens is 1. The van der Waals surface area contributed by atoms with E-state index in [1.807, 2.05) is 12.1 Å². The number of hydrogen-bond acceptors (Lipinski definition) is 5. The second kappa shape index (κ2) is 7.72. The fourth-order valence-electron chi connectivity index (χ4n) is 2.60. The van der Waals surface area contributed by atoms with Crippen molar-refractivity contribution in [2.75, 3.05) is 38.1 Å². The van der Waals surface area contributed by atoms with E-state index in [9.17, 15) is 4.79 Å². The summed E-state index contributed by atoms with van der Waals surface area (Å²) in [6.07, 6.45) is 5.01. The maximum absolute atomic E-state index is 12.2. The van der Waals surface area contributed by atoms with Crippen molar-refractivity contribution < 1.29 is 4.79 Å². The number of anilines is 1. The Morgan fingerprint density at radius 3 is 2.79 bits per heavy atom. The second-order valence-corrected chi connectivity index (χ2v) is 6.80. The first-order valence-corrected chi connectivity index (χ1v) is 8.68. The summed E-state index contributed by atoms with van der Waals surface area (Å²) in [5.41, 5.74) is 1.58. The van der Waals surface area contributed by atoms with Crippen molar-refractivity contribution in [1.82, 2.24) is 20.2 Å². The van der Waals surface area contributed by atoms with Gasteiger partial charge in [0.15, 0.2) is 0 Å². The number of amides is 1. The minimum absolute atomic E-state index is 0.137. The molecule has 0 aromatic carbocycles. The lowest BCUT2D eigenvalue weighted by Gasteiger charge is -2.33. The molecule has 6 nitrogen and oxygen atoms in total. The van der Waals surface area contributed by atoms with Crippen molar-refractivity contribution in [2.45, 2.75) is 6.54 Å². The van der Waals surface area contributed by atoms with Crippen molar-refractivity contribution in [2.24, 2.45) is 0 Å². The molecule has 1 N–H and O–H groups in total. The Morgan fingerprint density at radius 1 is 1.25 bits per heavy atom. The molecule has 1 fully saturated rings. The van der Waals surface area contributed by atoms with Crippen LogP contribution >= 0.6 is 15.9 Å². The summed E-state index contributed by atoms with van der Waals surface area (Å²) in [5, 5.41) is 2.93. The fraction of sp³-hybridized carbons (Fsp3) is 0.353. The Hall–Kier alpha value is -1.99. The summed E-state index contributed by atoms with van der Waals surface area (Å²) in [6, 6.07) is 5.73. The van der Waals surface area contributed by atoms with Gasteiger partial charge in [-0.25, -0.2) is 4.98 Å². The highest BCUT2D eigenvalue weighted by Crippen LogP contribution is 2.15. The Kier molecular flexibility index (Phi) is 5.42. The lowest BCUT2D eigenvalue weighted by Crippen LogP contribution is -2.44. The highest BCUT2D eigenvalue weighted by Gasteiger charge is 2.15. The Bertz CT molecular complexity index is 716. The van der Waals surface area contributed by atoms with Crippen LogP contribution in [0.25, 0.3) is 0 Å². The van der Waals surface area contributed by atoms with Crippen LogP contribution in [0.2, 0.25) is 0 Å². The van der Waals surface area contributed by atoms with Crippen molar-refractivity contribution in [1.29, 1.82) is 0 Å². The lowest BCUT2D eigenvalue weighted by atomic mass is 10.2. The van der Waals surface area contributed by atoms with Gasteiger partial charge in [-0.2, -0.15) is 0 Å². The van der Waals surface area contributed by atoms with Crippen molar-refractivity contribution in [3.8, 4) is 0 Å². The number of nitrogens with one attached hydrogen (secondary N) is 1. The Labute approximate surface area is 150 Å². The first-order valence-electron chi connectivity index (χ1n) is 7.89. The van der Waals surface area contributed by atoms with Crippen molar-refractivity contribution in [3.63, 3.8) is 0 Å². The maximum Gasteiger partial charge on any atom is 0.253 e. The third-order valence-electron chi connectivity index (χ3n) is 4.06. The van der Waals surface area contributed by atoms with Crippen LogP contribution in [-0.2, 0) is 6.54 Å². The second-order valence-electron chi connectivity index (χ2n) is 5.89. The van der Waals surface area contributed by atoms with E-state index < -0.39 is 0 Å². The third-order valence-corrected chi connectivity index (χ3v) is 4.49. The SMILES string of the molecule is CN1CCN(c2cc(CNC(=O)c3cncc(Br)c3)ccn2)CC1. The van der Waals surface area contributed by atoms with Gasteiger partial charge in [-0.05, 0) is 46.7 Å². The molecule has 2 aromatic heterocycles. The number of hydrogen-bond donors (Lipinski definition) is 1. The predicted molar refractivity (Wildman–Crippen MR) is 97.1 cm³/mol. The molecule has 0 atom stereocenters. The van der Waals surface area contributed by atoms with E-state index in [0.29, 0.717) is 12.1 Å². The molecule has 0 radical (unpaired) electrons. The molecule has 1 saturated heterocycles. The molecule has 0 unspecified atom stereocenters. The van der Waals surface area contributed by atoms with Crippen LogP contribution < -0.4 is 10.2 Å². The predicted octanol–water partition coefficient (Wildman–Crippen LogP) is 1.92. The minimum atomic E-state index is -0.137. The summed E-state index contributed by atoms with van der Waals surface area (Å²) in [5.74, 6) is 0.834. The smallest absolute Gasteiger partial charge is 0.253 e. The van der Waals surface area contributed by atoms with Crippen molar-refractivity contribution >= 4 is 27.7 Å². The summed E-state index contributed by atoms with van der Waals surface area (Å²) in [6.45, 7) is 4.50. The number of carbonyl (C=O) groups excluding carboxylic acids is 1. The monoisotopic (exact) mass is 389 g/mol. The van der Waals surface area contributed by atoms with Gasteiger partial charge in [-0.3, -0.25) is 9.78 Å². The zero-order valence-corrected chi connectivity index (χ0v) is 15.2. The Balaban J connectivity index is 1.61. The zero-order valence-electron chi connectivity index (χ0n) is 13.6. The molecular weight excluding hydrogens is 370 g/mol. The quantitative estimate of drug-likeness (QED) is 0.865. The molecule has 3 rings (SSSR count). The largest absolute Gasteiger partial charge is 0.354 e. The molecule has 0 spiro atoms.